The zero-order valence-electron chi connectivity index (χ0n) is 65.6. The number of pyridine rings is 6. The average Bonchev–Trinajstić information content (AvgIpc) is 1.17. The van der Waals surface area contributed by atoms with Crippen molar-refractivity contribution in [2.75, 3.05) is 0 Å². The van der Waals surface area contributed by atoms with Gasteiger partial charge in [-0.05, 0) is 150 Å². The Balaban J connectivity index is 0.000000134. The van der Waals surface area contributed by atoms with Gasteiger partial charge in [-0.25, -0.2) is 29.9 Å². The second-order valence-corrected chi connectivity index (χ2v) is 31.8. The smallest absolute Gasteiger partial charge is 0.144 e. The highest BCUT2D eigenvalue weighted by molar-refractivity contribution is 6.28. The lowest BCUT2D eigenvalue weighted by atomic mass is 9.86. The van der Waals surface area contributed by atoms with Crippen LogP contribution in [0.4, 0.5) is 0 Å². The van der Waals surface area contributed by atoms with Gasteiger partial charge in [0.05, 0.1) is 67.3 Å². The predicted octanol–water partition coefficient (Wildman–Crippen LogP) is 30.7. The number of hydrogen-bond acceptors (Lipinski definition) is 8. The maximum atomic E-state index is 6.63. The third-order valence-electron chi connectivity index (χ3n) is 24.8. The topological polar surface area (TPSA) is 104 Å². The van der Waals surface area contributed by atoms with E-state index in [0.29, 0.717) is 0 Å². The maximum Gasteiger partial charge on any atom is 0.144 e. The molecule has 0 saturated carbocycles. The fourth-order valence-electron chi connectivity index (χ4n) is 19.0. The van der Waals surface area contributed by atoms with Crippen molar-refractivity contribution in [3.05, 3.63) is 400 Å². The number of furan rings is 2. The molecule has 26 aromatic rings. The van der Waals surface area contributed by atoms with Crippen LogP contribution in [-0.4, -0.2) is 29.9 Å². The fourth-order valence-corrected chi connectivity index (χ4v) is 19.0. The molecule has 0 saturated heterocycles. The Morgan fingerprint density at radius 2 is 0.508 bits per heavy atom. The third-order valence-corrected chi connectivity index (χ3v) is 24.8. The van der Waals surface area contributed by atoms with Crippen molar-refractivity contribution in [3.8, 4) is 89.8 Å². The summed E-state index contributed by atoms with van der Waals surface area (Å²) in [5, 5.41) is 24.6. The summed E-state index contributed by atoms with van der Waals surface area (Å²) in [5.41, 5.74) is 25.7. The first kappa shape index (κ1) is 68.8. The molecule has 0 aliphatic carbocycles. The second-order valence-electron chi connectivity index (χ2n) is 31.8. The second kappa shape index (κ2) is 27.6. The van der Waals surface area contributed by atoms with E-state index >= 15 is 0 Å². The summed E-state index contributed by atoms with van der Waals surface area (Å²) in [6.07, 6.45) is 0. The van der Waals surface area contributed by atoms with Crippen LogP contribution in [0.15, 0.2) is 409 Å². The molecule has 0 aliphatic rings. The van der Waals surface area contributed by atoms with E-state index in [9.17, 15) is 0 Å². The summed E-state index contributed by atoms with van der Waals surface area (Å²) in [4.78, 5) is 31.7. The molecule has 0 amide bonds. The van der Waals surface area contributed by atoms with E-state index in [1.165, 1.54) is 27.1 Å². The lowest BCUT2D eigenvalue weighted by molar-refractivity contribution is 0.672. The highest BCUT2D eigenvalue weighted by Gasteiger charge is 2.24. The zero-order chi connectivity index (χ0) is 80.0. The number of benzene rings is 18. The van der Waals surface area contributed by atoms with Crippen molar-refractivity contribution in [2.45, 2.75) is 0 Å². The van der Waals surface area contributed by atoms with E-state index in [1.54, 1.807) is 0 Å². The zero-order valence-corrected chi connectivity index (χ0v) is 65.6. The Kier molecular flexibility index (Phi) is 15.6. The fraction of sp³-hybridized carbons (Fsp3) is 0. The first-order valence-corrected chi connectivity index (χ1v) is 41.4. The van der Waals surface area contributed by atoms with Gasteiger partial charge >= 0.3 is 0 Å². The van der Waals surface area contributed by atoms with Crippen molar-refractivity contribution in [2.24, 2.45) is 0 Å². The van der Waals surface area contributed by atoms with Crippen LogP contribution in [0.1, 0.15) is 0 Å². The van der Waals surface area contributed by atoms with Crippen molar-refractivity contribution in [1.29, 1.82) is 0 Å². The quantitative estimate of drug-likeness (QED) is 0.109. The molecule has 8 aromatic heterocycles. The molecule has 0 atom stereocenters. The molecule has 8 heterocycles. The molecule has 0 N–H and O–H groups in total. The van der Waals surface area contributed by atoms with Gasteiger partial charge in [-0.1, -0.05) is 315 Å². The molecule has 0 fully saturated rings. The summed E-state index contributed by atoms with van der Waals surface area (Å²) in [6.45, 7) is 0. The van der Waals surface area contributed by atoms with Crippen LogP contribution in [0.2, 0.25) is 0 Å². The normalized spacial score (nSPS) is 11.9. The molecule has 0 radical (unpaired) electrons. The maximum absolute atomic E-state index is 6.63. The third kappa shape index (κ3) is 11.2. The van der Waals surface area contributed by atoms with E-state index in [0.717, 1.165) is 237 Å². The van der Waals surface area contributed by atoms with Gasteiger partial charge in [0, 0.05) is 109 Å². The van der Waals surface area contributed by atoms with Crippen LogP contribution in [0.5, 0.6) is 0 Å². The number of fused-ring (bicyclic) bond motifs is 25. The molecular formula is C114H66N6O2. The van der Waals surface area contributed by atoms with Crippen LogP contribution in [-0.2, 0) is 0 Å². The lowest BCUT2D eigenvalue weighted by Gasteiger charge is -2.18. The molecule has 8 heteroatoms. The van der Waals surface area contributed by atoms with E-state index in [2.05, 4.69) is 352 Å². The molecular weight excluding hydrogens is 1490 g/mol. The largest absolute Gasteiger partial charge is 0.455 e. The van der Waals surface area contributed by atoms with E-state index in [4.69, 9.17) is 38.7 Å². The number of nitrogens with zero attached hydrogens (tertiary/aromatic N) is 6. The minimum absolute atomic E-state index is 0.887. The van der Waals surface area contributed by atoms with Gasteiger partial charge in [0.15, 0.2) is 0 Å². The Bertz CT molecular complexity index is 8870. The van der Waals surface area contributed by atoms with Crippen LogP contribution >= 0.6 is 0 Å². The van der Waals surface area contributed by atoms with Gasteiger partial charge in [-0.15, -0.1) is 0 Å². The van der Waals surface area contributed by atoms with Gasteiger partial charge in [0.1, 0.15) is 22.3 Å². The monoisotopic (exact) mass is 1550 g/mol. The molecule has 8 nitrogen and oxygen atoms in total. The number of hydrogen-bond donors (Lipinski definition) is 0. The minimum Gasteiger partial charge on any atom is -0.455 e. The van der Waals surface area contributed by atoms with Crippen LogP contribution in [0, 0.1) is 0 Å². The molecule has 122 heavy (non-hydrogen) atoms. The summed E-state index contributed by atoms with van der Waals surface area (Å²) in [5.74, 6) is 0. The summed E-state index contributed by atoms with van der Waals surface area (Å²) in [6, 6.07) is 142. The van der Waals surface area contributed by atoms with Crippen molar-refractivity contribution in [1.82, 2.24) is 29.9 Å². The van der Waals surface area contributed by atoms with Crippen LogP contribution in [0.25, 0.3) is 264 Å². The van der Waals surface area contributed by atoms with Gasteiger partial charge in [0.25, 0.3) is 0 Å². The SMILES string of the molecule is c1ccc(-c2ccc3ccc4ccc(-c5c6ccccc6c(-c6cccc(-c7nc8ccccc8c8c7ccc7c9ccccc9oc78)c6)c6ccccc56)nc4c3n2)cc1.c1ccc(-c2ccc3ccc4ccc(-c5ccc6c(ccc7ccc(-c8cccc(-c9nc%10ccccc%10c%10c9ccc9c%11ccccc%11oc9%10)c8)cc76)c5)nc4c3n2)cc1. The molecule has 564 valence electrons. The van der Waals surface area contributed by atoms with E-state index < -0.39 is 0 Å². The highest BCUT2D eigenvalue weighted by Crippen LogP contribution is 2.48. The predicted molar refractivity (Wildman–Crippen MR) is 508 cm³/mol. The molecule has 0 unspecified atom stereocenters. The van der Waals surface area contributed by atoms with Crippen molar-refractivity contribution in [3.63, 3.8) is 0 Å². The van der Waals surface area contributed by atoms with Crippen molar-refractivity contribution < 1.29 is 8.83 Å². The number of aromatic nitrogens is 6. The molecule has 0 bridgehead atoms. The average molecular weight is 1550 g/mol. The van der Waals surface area contributed by atoms with Crippen LogP contribution in [0.3, 0.4) is 0 Å². The molecule has 0 spiro atoms. The lowest BCUT2D eigenvalue weighted by Crippen LogP contribution is -1.95. The van der Waals surface area contributed by atoms with Gasteiger partial charge in [-0.3, -0.25) is 0 Å². The van der Waals surface area contributed by atoms with E-state index in [-0.39, 0.29) is 0 Å². The summed E-state index contributed by atoms with van der Waals surface area (Å²) >= 11 is 0. The Morgan fingerprint density at radius 3 is 1.02 bits per heavy atom. The Hall–Kier alpha value is -16.4. The standard InChI is InChI=1S/2C57H33N3O/c1-2-13-34(14-3-1)47-31-27-35-25-26-36-28-32-49(60-56(36)55(35)58-47)52-42-20-6-4-18-40(42)51(41-19-5-7-21-43(41)52)37-15-12-16-38(33-37)54-46-30-29-44-39-17-9-11-24-50(39)61-57(44)53(46)45-22-8-10-23-48(45)59-54;1-2-9-35(10-3-1)49-29-24-36-19-20-37-25-30-50(59-56(37)55(36)58-49)41-23-26-43-40(32-41)22-18-34-17-21-39(33-48(34)43)38-11-8-12-42(31-38)54-47-28-27-45-44-13-5-7-16-52(44)61-57(45)53(47)46-14-4-6-15-51(46)60-54/h2*1-33H. The molecule has 0 aliphatic heterocycles. The number of para-hydroxylation sites is 4. The summed E-state index contributed by atoms with van der Waals surface area (Å²) < 4.78 is 13.2. The van der Waals surface area contributed by atoms with Gasteiger partial charge in [0.2, 0.25) is 0 Å². The highest BCUT2D eigenvalue weighted by atomic mass is 16.3. The first-order valence-electron chi connectivity index (χ1n) is 41.4. The molecule has 26 rings (SSSR count). The summed E-state index contributed by atoms with van der Waals surface area (Å²) in [7, 11) is 0. The van der Waals surface area contributed by atoms with Gasteiger partial charge in [-0.2, -0.15) is 0 Å². The Morgan fingerprint density at radius 1 is 0.164 bits per heavy atom. The first-order chi connectivity index (χ1) is 60.4. The number of rotatable bonds is 8. The van der Waals surface area contributed by atoms with E-state index in [1.807, 2.05) is 48.5 Å². The van der Waals surface area contributed by atoms with Gasteiger partial charge < -0.3 is 8.83 Å². The Labute approximate surface area is 698 Å². The minimum atomic E-state index is 0.887. The molecule has 18 aromatic carbocycles. The van der Waals surface area contributed by atoms with Crippen molar-refractivity contribution >= 4 is 174 Å². The van der Waals surface area contributed by atoms with Crippen LogP contribution < -0.4 is 0 Å².